The molecule has 0 aromatic heterocycles. The van der Waals surface area contributed by atoms with Gasteiger partial charge in [-0.2, -0.15) is 5.26 Å². The number of rotatable bonds is 10. The van der Waals surface area contributed by atoms with E-state index in [9.17, 15) is 5.26 Å². The Labute approximate surface area is 111 Å². The van der Waals surface area contributed by atoms with Gasteiger partial charge < -0.3 is 9.47 Å². The van der Waals surface area contributed by atoms with E-state index in [0.717, 1.165) is 26.0 Å². The molecule has 4 heteroatoms. The second-order valence-corrected chi connectivity index (χ2v) is 5.41. The van der Waals surface area contributed by atoms with Gasteiger partial charge in [-0.1, -0.05) is 20.8 Å². The minimum Gasteiger partial charge on any atom is -0.379 e. The van der Waals surface area contributed by atoms with Crippen LogP contribution in [0.4, 0.5) is 0 Å². The van der Waals surface area contributed by atoms with Crippen LogP contribution in [0.5, 0.6) is 0 Å². The molecule has 1 rings (SSSR count). The predicted octanol–water partition coefficient (Wildman–Crippen LogP) is 1.96. The summed E-state index contributed by atoms with van der Waals surface area (Å²) in [5, 5.41) is 12.7. The van der Waals surface area contributed by atoms with Crippen molar-refractivity contribution >= 4 is 0 Å². The Morgan fingerprint density at radius 2 is 2.00 bits per heavy atom. The largest absolute Gasteiger partial charge is 0.379 e. The second-order valence-electron chi connectivity index (χ2n) is 5.41. The van der Waals surface area contributed by atoms with Crippen molar-refractivity contribution < 1.29 is 9.47 Å². The average Bonchev–Trinajstić information content (AvgIpc) is 3.16. The van der Waals surface area contributed by atoms with E-state index in [4.69, 9.17) is 9.47 Å². The van der Waals surface area contributed by atoms with Crippen LogP contribution in [-0.4, -0.2) is 38.5 Å². The molecular weight excluding hydrogens is 228 g/mol. The SMILES string of the molecule is CCNC(C#N)(COCCOCC(C)C)C1CC1. The third-order valence-corrected chi connectivity index (χ3v) is 3.12. The number of nitrogens with zero attached hydrogens (tertiary/aromatic N) is 1. The Kier molecular flexibility index (Phi) is 6.62. The van der Waals surface area contributed by atoms with Gasteiger partial charge in [-0.3, -0.25) is 5.32 Å². The minimum absolute atomic E-state index is 0.457. The summed E-state index contributed by atoms with van der Waals surface area (Å²) < 4.78 is 11.1. The van der Waals surface area contributed by atoms with Gasteiger partial charge in [-0.25, -0.2) is 0 Å². The maximum absolute atomic E-state index is 9.37. The summed E-state index contributed by atoms with van der Waals surface area (Å²) in [5.41, 5.74) is -0.479. The van der Waals surface area contributed by atoms with E-state index >= 15 is 0 Å². The van der Waals surface area contributed by atoms with Crippen molar-refractivity contribution in [2.75, 3.05) is 33.0 Å². The lowest BCUT2D eigenvalue weighted by Gasteiger charge is -2.27. The van der Waals surface area contributed by atoms with Gasteiger partial charge in [0.1, 0.15) is 5.54 Å². The summed E-state index contributed by atoms with van der Waals surface area (Å²) in [6.45, 7) is 9.48. The molecule has 1 aliphatic carbocycles. The first kappa shape index (κ1) is 15.4. The van der Waals surface area contributed by atoms with E-state index in [0.29, 0.717) is 31.7 Å². The standard InChI is InChI=1S/C14H26N2O2/c1-4-16-14(10-15,13-5-6-13)11-18-8-7-17-9-12(2)3/h12-13,16H,4-9,11H2,1-3H3. The second kappa shape index (κ2) is 7.73. The Bertz CT molecular complexity index is 271. The monoisotopic (exact) mass is 254 g/mol. The lowest BCUT2D eigenvalue weighted by Crippen LogP contribution is -2.50. The Morgan fingerprint density at radius 1 is 1.33 bits per heavy atom. The third-order valence-electron chi connectivity index (χ3n) is 3.12. The zero-order valence-electron chi connectivity index (χ0n) is 11.9. The number of nitriles is 1. The van der Waals surface area contributed by atoms with Gasteiger partial charge in [0.05, 0.1) is 25.9 Å². The van der Waals surface area contributed by atoms with Crippen LogP contribution in [-0.2, 0) is 9.47 Å². The van der Waals surface area contributed by atoms with Crippen LogP contribution in [0.2, 0.25) is 0 Å². The lowest BCUT2D eigenvalue weighted by atomic mass is 9.96. The highest BCUT2D eigenvalue weighted by Gasteiger charge is 2.45. The molecule has 4 nitrogen and oxygen atoms in total. The van der Waals surface area contributed by atoms with Gasteiger partial charge in [0.25, 0.3) is 0 Å². The Balaban J connectivity index is 2.20. The molecule has 1 saturated carbocycles. The average molecular weight is 254 g/mol. The molecule has 18 heavy (non-hydrogen) atoms. The highest BCUT2D eigenvalue weighted by Crippen LogP contribution is 2.39. The lowest BCUT2D eigenvalue weighted by molar-refractivity contribution is 0.0189. The first-order valence-electron chi connectivity index (χ1n) is 6.96. The fraction of sp³-hybridized carbons (Fsp3) is 0.929. The maximum Gasteiger partial charge on any atom is 0.133 e. The smallest absolute Gasteiger partial charge is 0.133 e. The molecule has 1 N–H and O–H groups in total. The number of likely N-dealkylation sites (N-methyl/N-ethyl adjacent to an activating group) is 1. The fourth-order valence-electron chi connectivity index (χ4n) is 2.04. The Morgan fingerprint density at radius 3 is 2.50 bits per heavy atom. The number of ether oxygens (including phenoxy) is 2. The van der Waals surface area contributed by atoms with Gasteiger partial charge in [0.2, 0.25) is 0 Å². The molecule has 0 amide bonds. The zero-order valence-corrected chi connectivity index (χ0v) is 11.9. The van der Waals surface area contributed by atoms with Crippen LogP contribution in [0.3, 0.4) is 0 Å². The van der Waals surface area contributed by atoms with Gasteiger partial charge >= 0.3 is 0 Å². The summed E-state index contributed by atoms with van der Waals surface area (Å²) >= 11 is 0. The molecule has 0 spiro atoms. The molecular formula is C14H26N2O2. The molecule has 1 aliphatic rings. The molecule has 0 aromatic carbocycles. The van der Waals surface area contributed by atoms with Crippen molar-refractivity contribution in [1.29, 1.82) is 5.26 Å². The van der Waals surface area contributed by atoms with E-state index in [1.54, 1.807) is 0 Å². The van der Waals surface area contributed by atoms with Gasteiger partial charge in [0.15, 0.2) is 0 Å². The van der Waals surface area contributed by atoms with Gasteiger partial charge in [-0.15, -0.1) is 0 Å². The van der Waals surface area contributed by atoms with Crippen molar-refractivity contribution in [2.24, 2.45) is 11.8 Å². The van der Waals surface area contributed by atoms with Crippen LogP contribution < -0.4 is 5.32 Å². The van der Waals surface area contributed by atoms with Gasteiger partial charge in [-0.05, 0) is 31.2 Å². The summed E-state index contributed by atoms with van der Waals surface area (Å²) in [5.74, 6) is 1.01. The van der Waals surface area contributed by atoms with Crippen molar-refractivity contribution in [2.45, 2.75) is 39.2 Å². The fourth-order valence-corrected chi connectivity index (χ4v) is 2.04. The van der Waals surface area contributed by atoms with E-state index < -0.39 is 5.54 Å². The van der Waals surface area contributed by atoms with Gasteiger partial charge in [0, 0.05) is 6.61 Å². The molecule has 0 radical (unpaired) electrons. The molecule has 1 atom stereocenters. The van der Waals surface area contributed by atoms with Crippen molar-refractivity contribution in [3.05, 3.63) is 0 Å². The van der Waals surface area contributed by atoms with Crippen LogP contribution >= 0.6 is 0 Å². The number of nitrogens with one attached hydrogen (secondary N) is 1. The highest BCUT2D eigenvalue weighted by atomic mass is 16.5. The van der Waals surface area contributed by atoms with E-state index in [2.05, 4.69) is 25.2 Å². The first-order valence-corrected chi connectivity index (χ1v) is 6.96. The van der Waals surface area contributed by atoms with Crippen molar-refractivity contribution in [3.63, 3.8) is 0 Å². The topological polar surface area (TPSA) is 54.3 Å². The van der Waals surface area contributed by atoms with E-state index in [1.165, 1.54) is 0 Å². The Hall–Kier alpha value is -0.630. The third kappa shape index (κ3) is 4.93. The molecule has 0 bridgehead atoms. The summed E-state index contributed by atoms with van der Waals surface area (Å²) in [6, 6.07) is 2.41. The molecule has 0 aliphatic heterocycles. The summed E-state index contributed by atoms with van der Waals surface area (Å²) in [7, 11) is 0. The molecule has 104 valence electrons. The molecule has 1 unspecified atom stereocenters. The molecule has 0 aromatic rings. The highest BCUT2D eigenvalue weighted by molar-refractivity contribution is 5.15. The van der Waals surface area contributed by atoms with Crippen LogP contribution in [0, 0.1) is 23.2 Å². The molecule has 0 heterocycles. The summed E-state index contributed by atoms with van der Waals surface area (Å²) in [4.78, 5) is 0. The van der Waals surface area contributed by atoms with E-state index in [-0.39, 0.29) is 0 Å². The normalized spacial score (nSPS) is 18.6. The van der Waals surface area contributed by atoms with Crippen LogP contribution in [0.25, 0.3) is 0 Å². The quantitative estimate of drug-likeness (QED) is 0.605. The van der Waals surface area contributed by atoms with Crippen LogP contribution in [0.15, 0.2) is 0 Å². The minimum atomic E-state index is -0.479. The van der Waals surface area contributed by atoms with Crippen LogP contribution in [0.1, 0.15) is 33.6 Å². The predicted molar refractivity (Wildman–Crippen MR) is 71.2 cm³/mol. The van der Waals surface area contributed by atoms with Crippen molar-refractivity contribution in [3.8, 4) is 6.07 Å². The molecule has 1 fully saturated rings. The summed E-state index contributed by atoms with van der Waals surface area (Å²) in [6.07, 6.45) is 2.27. The first-order chi connectivity index (χ1) is 8.64. The van der Waals surface area contributed by atoms with E-state index in [1.807, 2.05) is 6.92 Å². The number of hydrogen-bond acceptors (Lipinski definition) is 4. The molecule has 0 saturated heterocycles. The number of hydrogen-bond donors (Lipinski definition) is 1. The van der Waals surface area contributed by atoms with Crippen molar-refractivity contribution in [1.82, 2.24) is 5.32 Å². The zero-order chi connectivity index (χ0) is 13.4. The maximum atomic E-state index is 9.37.